The number of nitro benzene ring substituents is 1. The Bertz CT molecular complexity index is 1330. The third-order valence-corrected chi connectivity index (χ3v) is 6.22. The van der Waals surface area contributed by atoms with Gasteiger partial charge in [-0.2, -0.15) is 4.98 Å². The molecule has 5 rings (SSSR count). The normalized spacial score (nSPS) is 15.4. The molecule has 1 unspecified atom stereocenters. The summed E-state index contributed by atoms with van der Waals surface area (Å²) >= 11 is 0. The number of hydrogen-bond acceptors (Lipinski definition) is 6. The van der Waals surface area contributed by atoms with Gasteiger partial charge in [-0.3, -0.25) is 14.7 Å². The molecule has 0 radical (unpaired) electrons. The second-order valence-electron chi connectivity index (χ2n) is 8.28. The van der Waals surface area contributed by atoms with Crippen LogP contribution in [0.15, 0.2) is 54.6 Å². The highest BCUT2D eigenvalue weighted by Crippen LogP contribution is 2.36. The van der Waals surface area contributed by atoms with Crippen molar-refractivity contribution >= 4 is 22.4 Å². The number of anilines is 1. The first-order chi connectivity index (χ1) is 16.1. The molecule has 8 nitrogen and oxygen atoms in total. The predicted molar refractivity (Wildman–Crippen MR) is 127 cm³/mol. The summed E-state index contributed by atoms with van der Waals surface area (Å²) in [5.41, 5.74) is 4.73. The molecule has 1 atom stereocenters. The van der Waals surface area contributed by atoms with Crippen molar-refractivity contribution in [2.24, 2.45) is 0 Å². The fourth-order valence-corrected chi connectivity index (χ4v) is 4.63. The van der Waals surface area contributed by atoms with Crippen LogP contribution >= 0.6 is 0 Å². The Kier molecular flexibility index (Phi) is 5.51. The lowest BCUT2D eigenvalue weighted by atomic mass is 9.93. The van der Waals surface area contributed by atoms with E-state index in [9.17, 15) is 10.1 Å². The van der Waals surface area contributed by atoms with Gasteiger partial charge in [0, 0.05) is 31.0 Å². The number of fused-ring (bicyclic) bond motifs is 2. The number of nitrogens with one attached hydrogen (secondary N) is 1. The maximum absolute atomic E-state index is 11.6. The highest BCUT2D eigenvalue weighted by molar-refractivity contribution is 5.91. The summed E-state index contributed by atoms with van der Waals surface area (Å²) in [6.45, 7) is 2.55. The van der Waals surface area contributed by atoms with Gasteiger partial charge in [0.1, 0.15) is 5.82 Å². The van der Waals surface area contributed by atoms with Crippen molar-refractivity contribution in [2.75, 3.05) is 12.4 Å². The quantitative estimate of drug-likeness (QED) is 0.322. The lowest BCUT2D eigenvalue weighted by Crippen LogP contribution is -2.20. The summed E-state index contributed by atoms with van der Waals surface area (Å²) in [5.74, 6) is 1.27. The molecule has 0 spiro atoms. The van der Waals surface area contributed by atoms with Gasteiger partial charge in [-0.05, 0) is 43.9 Å². The smallest absolute Gasteiger partial charge is 0.278 e. The number of aryl methyl sites for hydroxylation is 1. The van der Waals surface area contributed by atoms with Gasteiger partial charge in [0.15, 0.2) is 0 Å². The standard InChI is InChI=1S/C25H25N5O3/c1-16-14-19-20(11-7-12-21(19)30(31)32)29(16)25-27-23-18(10-6-13-22(23)33-2)24(28-25)26-15-17-8-4-3-5-9-17/h3-5,7-9,11-12,14,22H,6,10,13,15H2,1-2H3,(H,26,27,28). The molecular weight excluding hydrogens is 418 g/mol. The van der Waals surface area contributed by atoms with Gasteiger partial charge >= 0.3 is 0 Å². The Labute approximate surface area is 191 Å². The Morgan fingerprint density at radius 2 is 2.00 bits per heavy atom. The van der Waals surface area contributed by atoms with Crippen LogP contribution in [-0.4, -0.2) is 26.6 Å². The van der Waals surface area contributed by atoms with Gasteiger partial charge in [0.2, 0.25) is 5.95 Å². The molecule has 168 valence electrons. The van der Waals surface area contributed by atoms with Gasteiger partial charge in [0.25, 0.3) is 5.69 Å². The highest BCUT2D eigenvalue weighted by atomic mass is 16.6. The summed E-state index contributed by atoms with van der Waals surface area (Å²) in [4.78, 5) is 21.0. The summed E-state index contributed by atoms with van der Waals surface area (Å²) in [7, 11) is 1.71. The molecule has 0 bridgehead atoms. The van der Waals surface area contributed by atoms with Gasteiger partial charge in [-0.1, -0.05) is 36.4 Å². The molecule has 1 aliphatic carbocycles. The third kappa shape index (κ3) is 3.82. The Hall–Kier alpha value is -3.78. The van der Waals surface area contributed by atoms with Crippen LogP contribution in [0.25, 0.3) is 16.9 Å². The Balaban J connectivity index is 1.66. The molecule has 1 aliphatic rings. The van der Waals surface area contributed by atoms with Crippen LogP contribution in [-0.2, 0) is 17.7 Å². The van der Waals surface area contributed by atoms with Gasteiger partial charge < -0.3 is 10.1 Å². The fraction of sp³-hybridized carbons (Fsp3) is 0.280. The van der Waals surface area contributed by atoms with Gasteiger partial charge in [-0.25, -0.2) is 4.98 Å². The molecule has 0 fully saturated rings. The molecule has 33 heavy (non-hydrogen) atoms. The van der Waals surface area contributed by atoms with E-state index in [4.69, 9.17) is 14.7 Å². The summed E-state index contributed by atoms with van der Waals surface area (Å²) < 4.78 is 7.65. The van der Waals surface area contributed by atoms with E-state index in [0.717, 1.165) is 47.6 Å². The average molecular weight is 444 g/mol. The van der Waals surface area contributed by atoms with E-state index in [1.165, 1.54) is 6.07 Å². The zero-order valence-electron chi connectivity index (χ0n) is 18.6. The molecule has 0 saturated heterocycles. The zero-order valence-corrected chi connectivity index (χ0v) is 18.6. The zero-order chi connectivity index (χ0) is 22.9. The molecule has 1 N–H and O–H groups in total. The van der Waals surface area contributed by atoms with Crippen LogP contribution in [0.2, 0.25) is 0 Å². The van der Waals surface area contributed by atoms with Crippen LogP contribution in [0.4, 0.5) is 11.5 Å². The van der Waals surface area contributed by atoms with E-state index in [0.29, 0.717) is 23.4 Å². The van der Waals surface area contributed by atoms with Gasteiger partial charge in [-0.15, -0.1) is 0 Å². The minimum Gasteiger partial charge on any atom is -0.375 e. The molecule has 4 aromatic rings. The van der Waals surface area contributed by atoms with Crippen LogP contribution in [0.5, 0.6) is 0 Å². The molecule has 8 heteroatoms. The minimum absolute atomic E-state index is 0.0736. The van der Waals surface area contributed by atoms with Crippen molar-refractivity contribution in [3.05, 3.63) is 87.2 Å². The molecule has 2 heterocycles. The van der Waals surface area contributed by atoms with Crippen LogP contribution in [0.1, 0.15) is 41.5 Å². The first-order valence-corrected chi connectivity index (χ1v) is 11.0. The van der Waals surface area contributed by atoms with E-state index in [-0.39, 0.29) is 16.7 Å². The minimum atomic E-state index is -0.354. The molecule has 2 aromatic carbocycles. The van der Waals surface area contributed by atoms with Crippen LogP contribution in [0.3, 0.4) is 0 Å². The van der Waals surface area contributed by atoms with Gasteiger partial charge in [0.05, 0.1) is 27.6 Å². The number of ether oxygens (including phenoxy) is 1. The van der Waals surface area contributed by atoms with Crippen molar-refractivity contribution in [1.29, 1.82) is 0 Å². The largest absolute Gasteiger partial charge is 0.375 e. The first kappa shape index (κ1) is 21.1. The second kappa shape index (κ2) is 8.63. The predicted octanol–water partition coefficient (Wildman–Crippen LogP) is 5.27. The number of benzene rings is 2. The van der Waals surface area contributed by atoms with E-state index in [1.54, 1.807) is 13.2 Å². The van der Waals surface area contributed by atoms with E-state index in [2.05, 4.69) is 17.4 Å². The first-order valence-electron chi connectivity index (χ1n) is 11.0. The van der Waals surface area contributed by atoms with Crippen molar-refractivity contribution in [3.63, 3.8) is 0 Å². The Morgan fingerprint density at radius 3 is 2.76 bits per heavy atom. The third-order valence-electron chi connectivity index (χ3n) is 6.22. The number of aromatic nitrogens is 3. The maximum atomic E-state index is 11.6. The molecule has 0 saturated carbocycles. The van der Waals surface area contributed by atoms with Crippen molar-refractivity contribution < 1.29 is 9.66 Å². The fourth-order valence-electron chi connectivity index (χ4n) is 4.63. The van der Waals surface area contributed by atoms with E-state index >= 15 is 0 Å². The lowest BCUT2D eigenvalue weighted by Gasteiger charge is -2.26. The van der Waals surface area contributed by atoms with Crippen LogP contribution < -0.4 is 5.32 Å². The summed E-state index contributed by atoms with van der Waals surface area (Å²) in [5, 5.41) is 15.6. The maximum Gasteiger partial charge on any atom is 0.278 e. The second-order valence-corrected chi connectivity index (χ2v) is 8.28. The Morgan fingerprint density at radius 1 is 1.18 bits per heavy atom. The highest BCUT2D eigenvalue weighted by Gasteiger charge is 2.27. The monoisotopic (exact) mass is 443 g/mol. The molecule has 2 aromatic heterocycles. The summed E-state index contributed by atoms with van der Waals surface area (Å²) in [6.07, 6.45) is 2.67. The SMILES string of the molecule is COC1CCCc2c(NCc3ccccc3)nc(-n3c(C)cc4c([N+](=O)[O-])cccc43)nc21. The van der Waals surface area contributed by atoms with Crippen molar-refractivity contribution in [2.45, 2.75) is 38.8 Å². The number of nitrogens with zero attached hydrogens (tertiary/aromatic N) is 4. The van der Waals surface area contributed by atoms with E-state index in [1.807, 2.05) is 41.8 Å². The van der Waals surface area contributed by atoms with E-state index < -0.39 is 0 Å². The molecule has 0 amide bonds. The number of non-ortho nitro benzene ring substituents is 1. The number of hydrogen-bond donors (Lipinski definition) is 1. The number of nitro groups is 1. The van der Waals surface area contributed by atoms with Crippen molar-refractivity contribution in [3.8, 4) is 5.95 Å². The number of rotatable bonds is 6. The summed E-state index contributed by atoms with van der Waals surface area (Å²) in [6, 6.07) is 17.1. The average Bonchev–Trinajstić information content (AvgIpc) is 3.18. The topological polar surface area (TPSA) is 95.1 Å². The number of methoxy groups -OCH3 is 1. The lowest BCUT2D eigenvalue weighted by molar-refractivity contribution is -0.383. The van der Waals surface area contributed by atoms with Crippen molar-refractivity contribution in [1.82, 2.24) is 14.5 Å². The van der Waals surface area contributed by atoms with Crippen LogP contribution in [0, 0.1) is 17.0 Å². The molecular formula is C25H25N5O3. The molecule has 0 aliphatic heterocycles.